The number of fused-ring (bicyclic) bond motifs is 2. The van der Waals surface area contributed by atoms with Crippen molar-refractivity contribution < 1.29 is 19.0 Å². The number of ether oxygens (including phenoxy) is 3. The van der Waals surface area contributed by atoms with E-state index in [1.165, 1.54) is 5.69 Å². The van der Waals surface area contributed by atoms with Gasteiger partial charge in [-0.05, 0) is 18.2 Å². The number of carbonyl (C=O) groups is 1. The summed E-state index contributed by atoms with van der Waals surface area (Å²) in [4.78, 5) is 14.7. The van der Waals surface area contributed by atoms with E-state index >= 15 is 0 Å². The van der Waals surface area contributed by atoms with E-state index in [-0.39, 0.29) is 12.7 Å². The number of hydrogen-bond donors (Lipinski definition) is 0. The quantitative estimate of drug-likeness (QED) is 0.854. The Balaban J connectivity index is 1.59. The molecule has 24 heavy (non-hydrogen) atoms. The van der Waals surface area contributed by atoms with Crippen molar-refractivity contribution in [2.24, 2.45) is 7.05 Å². The summed E-state index contributed by atoms with van der Waals surface area (Å²) in [6.45, 7) is 1.88. The summed E-state index contributed by atoms with van der Waals surface area (Å²) < 4.78 is 17.8. The summed E-state index contributed by atoms with van der Waals surface area (Å²) in [5.41, 5.74) is 3.79. The van der Waals surface area contributed by atoms with Crippen molar-refractivity contribution in [3.63, 3.8) is 0 Å². The highest BCUT2D eigenvalue weighted by molar-refractivity contribution is 5.95. The molecule has 0 spiro atoms. The van der Waals surface area contributed by atoms with Gasteiger partial charge in [0.1, 0.15) is 0 Å². The van der Waals surface area contributed by atoms with Crippen LogP contribution in [0.4, 0.5) is 0 Å². The first-order chi connectivity index (χ1) is 11.7. The van der Waals surface area contributed by atoms with Gasteiger partial charge in [0, 0.05) is 50.5 Å². The smallest absolute Gasteiger partial charge is 0.254 e. The number of rotatable bonds is 3. The van der Waals surface area contributed by atoms with E-state index in [0.717, 1.165) is 17.7 Å². The van der Waals surface area contributed by atoms with Crippen LogP contribution < -0.4 is 9.47 Å². The Morgan fingerprint density at radius 2 is 2.17 bits per heavy atom. The minimum atomic E-state index is -0.00818. The fourth-order valence-electron chi connectivity index (χ4n) is 3.31. The fraction of sp³-hybridized carbons (Fsp3) is 0.412. The van der Waals surface area contributed by atoms with Crippen LogP contribution in [-0.4, -0.2) is 41.0 Å². The number of benzene rings is 1. The number of aryl methyl sites for hydroxylation is 1. The molecule has 0 atom stereocenters. The zero-order valence-electron chi connectivity index (χ0n) is 13.7. The number of carbonyl (C=O) groups excluding carboxylic acids is 1. The molecule has 7 heteroatoms. The standard InChI is InChI=1S/C17H19N3O4/c1-19-14-5-6-20(8-12(14)13(18-19)9-22-2)17(21)11-3-4-15-16(7-11)24-10-23-15/h3-4,7H,5-6,8-10H2,1-2H3. The van der Waals surface area contributed by atoms with Crippen molar-refractivity contribution in [3.8, 4) is 11.5 Å². The average Bonchev–Trinajstić information content (AvgIpc) is 3.18. The van der Waals surface area contributed by atoms with Crippen LogP contribution in [0.1, 0.15) is 27.3 Å². The Kier molecular flexibility index (Phi) is 3.65. The molecule has 0 bridgehead atoms. The van der Waals surface area contributed by atoms with Crippen LogP contribution in [0.25, 0.3) is 0 Å². The van der Waals surface area contributed by atoms with Crippen LogP contribution >= 0.6 is 0 Å². The van der Waals surface area contributed by atoms with Crippen LogP contribution in [0.3, 0.4) is 0 Å². The summed E-state index contributed by atoms with van der Waals surface area (Å²) in [6, 6.07) is 5.32. The van der Waals surface area contributed by atoms with E-state index in [4.69, 9.17) is 14.2 Å². The number of hydrogen-bond acceptors (Lipinski definition) is 5. The highest BCUT2D eigenvalue weighted by Gasteiger charge is 2.28. The molecule has 0 aliphatic carbocycles. The highest BCUT2D eigenvalue weighted by atomic mass is 16.7. The third kappa shape index (κ3) is 2.41. The van der Waals surface area contributed by atoms with Crippen molar-refractivity contribution >= 4 is 5.91 Å². The molecule has 7 nitrogen and oxygen atoms in total. The van der Waals surface area contributed by atoms with Crippen molar-refractivity contribution in [1.29, 1.82) is 0 Å². The molecule has 2 aliphatic heterocycles. The van der Waals surface area contributed by atoms with Crippen LogP contribution in [0.5, 0.6) is 11.5 Å². The van der Waals surface area contributed by atoms with E-state index in [0.29, 0.717) is 36.8 Å². The lowest BCUT2D eigenvalue weighted by Crippen LogP contribution is -2.36. The van der Waals surface area contributed by atoms with Gasteiger partial charge in [0.15, 0.2) is 11.5 Å². The molecule has 2 aliphatic rings. The molecule has 1 aromatic heterocycles. The second-order valence-electron chi connectivity index (χ2n) is 5.97. The summed E-state index contributed by atoms with van der Waals surface area (Å²) >= 11 is 0. The Labute approximate surface area is 139 Å². The predicted octanol–water partition coefficient (Wildman–Crippen LogP) is 1.49. The van der Waals surface area contributed by atoms with Gasteiger partial charge in [-0.1, -0.05) is 0 Å². The highest BCUT2D eigenvalue weighted by Crippen LogP contribution is 2.33. The van der Waals surface area contributed by atoms with Crippen molar-refractivity contribution in [2.75, 3.05) is 20.4 Å². The summed E-state index contributed by atoms with van der Waals surface area (Å²) in [5, 5.41) is 4.51. The molecule has 1 aromatic carbocycles. The molecule has 0 radical (unpaired) electrons. The number of nitrogens with zero attached hydrogens (tertiary/aromatic N) is 3. The van der Waals surface area contributed by atoms with E-state index < -0.39 is 0 Å². The zero-order chi connectivity index (χ0) is 16.7. The number of aromatic nitrogens is 2. The first kappa shape index (κ1) is 15.0. The maximum atomic E-state index is 12.9. The monoisotopic (exact) mass is 329 g/mol. The van der Waals surface area contributed by atoms with Gasteiger partial charge in [-0.25, -0.2) is 0 Å². The zero-order valence-corrected chi connectivity index (χ0v) is 13.7. The second-order valence-corrected chi connectivity index (χ2v) is 5.97. The minimum Gasteiger partial charge on any atom is -0.454 e. The molecular formula is C17H19N3O4. The molecule has 0 saturated carbocycles. The van der Waals surface area contributed by atoms with E-state index in [2.05, 4.69) is 5.10 Å². The van der Waals surface area contributed by atoms with Gasteiger partial charge >= 0.3 is 0 Å². The second kappa shape index (κ2) is 5.83. The van der Waals surface area contributed by atoms with Crippen molar-refractivity contribution in [3.05, 3.63) is 40.7 Å². The van der Waals surface area contributed by atoms with Crippen LogP contribution in [0.2, 0.25) is 0 Å². The van der Waals surface area contributed by atoms with Gasteiger partial charge < -0.3 is 19.1 Å². The molecule has 0 N–H and O–H groups in total. The van der Waals surface area contributed by atoms with Gasteiger partial charge in [-0.2, -0.15) is 5.10 Å². The summed E-state index contributed by atoms with van der Waals surface area (Å²) in [6.07, 6.45) is 0.791. The summed E-state index contributed by atoms with van der Waals surface area (Å²) in [5.74, 6) is 1.30. The van der Waals surface area contributed by atoms with Crippen molar-refractivity contribution in [2.45, 2.75) is 19.6 Å². The first-order valence-corrected chi connectivity index (χ1v) is 7.89. The Bertz CT molecular complexity index is 799. The fourth-order valence-corrected chi connectivity index (χ4v) is 3.31. The molecule has 0 unspecified atom stereocenters. The first-order valence-electron chi connectivity index (χ1n) is 7.89. The third-order valence-corrected chi connectivity index (χ3v) is 4.51. The maximum Gasteiger partial charge on any atom is 0.254 e. The molecule has 1 amide bonds. The van der Waals surface area contributed by atoms with Gasteiger partial charge in [-0.3, -0.25) is 9.48 Å². The molecule has 126 valence electrons. The maximum absolute atomic E-state index is 12.9. The largest absolute Gasteiger partial charge is 0.454 e. The SMILES string of the molecule is COCc1nn(C)c2c1CN(C(=O)c1ccc3c(c1)OCO3)CC2. The van der Waals surface area contributed by atoms with Gasteiger partial charge in [-0.15, -0.1) is 0 Å². The molecule has 0 saturated heterocycles. The van der Waals surface area contributed by atoms with Gasteiger partial charge in [0.2, 0.25) is 6.79 Å². The van der Waals surface area contributed by atoms with E-state index in [9.17, 15) is 4.79 Å². The Hall–Kier alpha value is -2.54. The predicted molar refractivity (Wildman–Crippen MR) is 84.9 cm³/mol. The van der Waals surface area contributed by atoms with Crippen LogP contribution in [0.15, 0.2) is 18.2 Å². The lowest BCUT2D eigenvalue weighted by molar-refractivity contribution is 0.0731. The normalized spacial score (nSPS) is 15.5. The topological polar surface area (TPSA) is 65.8 Å². The molecular weight excluding hydrogens is 310 g/mol. The third-order valence-electron chi connectivity index (χ3n) is 4.51. The molecule has 2 aromatic rings. The van der Waals surface area contributed by atoms with Crippen LogP contribution in [0, 0.1) is 0 Å². The molecule has 0 fully saturated rings. The molecule has 4 rings (SSSR count). The minimum absolute atomic E-state index is 0.00818. The summed E-state index contributed by atoms with van der Waals surface area (Å²) in [7, 11) is 3.59. The Morgan fingerprint density at radius 1 is 1.33 bits per heavy atom. The number of amides is 1. The molecule has 3 heterocycles. The van der Waals surface area contributed by atoms with E-state index in [1.54, 1.807) is 25.3 Å². The van der Waals surface area contributed by atoms with Crippen LogP contribution in [-0.2, 0) is 31.4 Å². The lowest BCUT2D eigenvalue weighted by atomic mass is 10.0. The van der Waals surface area contributed by atoms with Crippen molar-refractivity contribution in [1.82, 2.24) is 14.7 Å². The lowest BCUT2D eigenvalue weighted by Gasteiger charge is -2.28. The van der Waals surface area contributed by atoms with E-state index in [1.807, 2.05) is 16.6 Å². The Morgan fingerprint density at radius 3 is 3.00 bits per heavy atom. The van der Waals surface area contributed by atoms with Gasteiger partial charge in [0.25, 0.3) is 5.91 Å². The number of methoxy groups -OCH3 is 1. The van der Waals surface area contributed by atoms with Gasteiger partial charge in [0.05, 0.1) is 12.3 Å². The average molecular weight is 329 g/mol.